The van der Waals surface area contributed by atoms with Crippen LogP contribution in [0.4, 0.5) is 5.69 Å². The SMILES string of the molecule is CCC(C)(CCN)Nc1ccncc1Br. The Hall–Kier alpha value is -0.610. The summed E-state index contributed by atoms with van der Waals surface area (Å²) in [4.78, 5) is 4.04. The van der Waals surface area contributed by atoms with Crippen molar-refractivity contribution in [1.29, 1.82) is 0 Å². The minimum Gasteiger partial charge on any atom is -0.379 e. The van der Waals surface area contributed by atoms with Gasteiger partial charge in [0.1, 0.15) is 0 Å². The summed E-state index contributed by atoms with van der Waals surface area (Å²) in [5, 5.41) is 3.51. The predicted molar refractivity (Wildman–Crippen MR) is 67.9 cm³/mol. The molecular formula is C11H18BrN3. The van der Waals surface area contributed by atoms with Crippen molar-refractivity contribution in [3.8, 4) is 0 Å². The Bertz CT molecular complexity index is 316. The van der Waals surface area contributed by atoms with Crippen LogP contribution in [0.15, 0.2) is 22.9 Å². The van der Waals surface area contributed by atoms with Crippen LogP contribution in [0.3, 0.4) is 0 Å². The summed E-state index contributed by atoms with van der Waals surface area (Å²) in [7, 11) is 0. The van der Waals surface area contributed by atoms with E-state index in [1.165, 1.54) is 0 Å². The number of anilines is 1. The fourth-order valence-electron chi connectivity index (χ4n) is 1.45. The first-order valence-corrected chi connectivity index (χ1v) is 5.98. The van der Waals surface area contributed by atoms with Crippen LogP contribution in [0.2, 0.25) is 0 Å². The largest absolute Gasteiger partial charge is 0.379 e. The first kappa shape index (κ1) is 12.5. The van der Waals surface area contributed by atoms with Gasteiger partial charge in [-0.25, -0.2) is 0 Å². The molecule has 0 aromatic carbocycles. The molecular weight excluding hydrogens is 254 g/mol. The van der Waals surface area contributed by atoms with Gasteiger partial charge in [0.05, 0.1) is 10.2 Å². The molecule has 1 unspecified atom stereocenters. The number of aromatic nitrogens is 1. The fraction of sp³-hybridized carbons (Fsp3) is 0.545. The number of pyridine rings is 1. The molecule has 3 N–H and O–H groups in total. The Labute approximate surface area is 99.6 Å². The van der Waals surface area contributed by atoms with Crippen LogP contribution < -0.4 is 11.1 Å². The van der Waals surface area contributed by atoms with Gasteiger partial charge in [-0.15, -0.1) is 0 Å². The summed E-state index contributed by atoms with van der Waals surface area (Å²) < 4.78 is 0.988. The van der Waals surface area contributed by atoms with Gasteiger partial charge in [-0.1, -0.05) is 6.92 Å². The third kappa shape index (κ3) is 3.47. The van der Waals surface area contributed by atoms with E-state index in [4.69, 9.17) is 5.73 Å². The predicted octanol–water partition coefficient (Wildman–Crippen LogP) is 2.77. The van der Waals surface area contributed by atoms with E-state index < -0.39 is 0 Å². The van der Waals surface area contributed by atoms with Gasteiger partial charge < -0.3 is 11.1 Å². The summed E-state index contributed by atoms with van der Waals surface area (Å²) in [5.41, 5.74) is 6.74. The number of nitrogens with two attached hydrogens (primary N) is 1. The van der Waals surface area contributed by atoms with Crippen LogP contribution in [-0.2, 0) is 0 Å². The normalized spacial score (nSPS) is 14.7. The molecule has 1 aromatic rings. The van der Waals surface area contributed by atoms with Crippen LogP contribution in [0.5, 0.6) is 0 Å². The first-order chi connectivity index (χ1) is 7.11. The van der Waals surface area contributed by atoms with Gasteiger partial charge in [0.15, 0.2) is 0 Å². The molecule has 4 heteroatoms. The van der Waals surface area contributed by atoms with Crippen molar-refractivity contribution in [3.05, 3.63) is 22.9 Å². The van der Waals surface area contributed by atoms with Gasteiger partial charge in [-0.05, 0) is 48.3 Å². The highest BCUT2D eigenvalue weighted by Crippen LogP contribution is 2.26. The maximum atomic E-state index is 5.62. The number of rotatable bonds is 5. The smallest absolute Gasteiger partial charge is 0.0590 e. The van der Waals surface area contributed by atoms with Gasteiger partial charge in [0.2, 0.25) is 0 Å². The second-order valence-electron chi connectivity index (χ2n) is 3.93. The Balaban J connectivity index is 2.79. The molecule has 84 valence electrons. The lowest BCUT2D eigenvalue weighted by atomic mass is 9.94. The van der Waals surface area contributed by atoms with Crippen molar-refractivity contribution < 1.29 is 0 Å². The second-order valence-corrected chi connectivity index (χ2v) is 4.79. The summed E-state index contributed by atoms with van der Waals surface area (Å²) in [6, 6.07) is 1.97. The van der Waals surface area contributed by atoms with Gasteiger partial charge >= 0.3 is 0 Å². The average molecular weight is 272 g/mol. The molecule has 0 spiro atoms. The molecule has 0 aliphatic heterocycles. The Morgan fingerprint density at radius 2 is 2.33 bits per heavy atom. The monoisotopic (exact) mass is 271 g/mol. The molecule has 0 fully saturated rings. The van der Waals surface area contributed by atoms with E-state index >= 15 is 0 Å². The lowest BCUT2D eigenvalue weighted by molar-refractivity contribution is 0.463. The van der Waals surface area contributed by atoms with E-state index in [1.807, 2.05) is 6.07 Å². The minimum atomic E-state index is 0.0542. The molecule has 0 radical (unpaired) electrons. The quantitative estimate of drug-likeness (QED) is 0.866. The third-order valence-electron chi connectivity index (χ3n) is 2.69. The summed E-state index contributed by atoms with van der Waals surface area (Å²) in [6.07, 6.45) is 5.57. The number of nitrogens with one attached hydrogen (secondary N) is 1. The van der Waals surface area contributed by atoms with Crippen molar-refractivity contribution in [1.82, 2.24) is 4.98 Å². The van der Waals surface area contributed by atoms with Crippen molar-refractivity contribution in [2.45, 2.75) is 32.2 Å². The number of hydrogen-bond donors (Lipinski definition) is 2. The van der Waals surface area contributed by atoms with E-state index in [1.54, 1.807) is 12.4 Å². The molecule has 15 heavy (non-hydrogen) atoms. The average Bonchev–Trinajstić information content (AvgIpc) is 2.22. The lowest BCUT2D eigenvalue weighted by Gasteiger charge is -2.30. The van der Waals surface area contributed by atoms with Gasteiger partial charge in [0, 0.05) is 17.9 Å². The van der Waals surface area contributed by atoms with E-state index in [0.29, 0.717) is 6.54 Å². The second kappa shape index (κ2) is 5.47. The van der Waals surface area contributed by atoms with E-state index in [-0.39, 0.29) is 5.54 Å². The van der Waals surface area contributed by atoms with Crippen LogP contribution in [0.25, 0.3) is 0 Å². The molecule has 1 aromatic heterocycles. The minimum absolute atomic E-state index is 0.0542. The topological polar surface area (TPSA) is 50.9 Å². The molecule has 1 rings (SSSR count). The van der Waals surface area contributed by atoms with E-state index in [2.05, 4.69) is 40.1 Å². The highest BCUT2D eigenvalue weighted by Gasteiger charge is 2.21. The number of hydrogen-bond acceptors (Lipinski definition) is 3. The highest BCUT2D eigenvalue weighted by molar-refractivity contribution is 9.10. The van der Waals surface area contributed by atoms with Crippen molar-refractivity contribution in [2.24, 2.45) is 5.73 Å². The van der Waals surface area contributed by atoms with Crippen LogP contribution in [0, 0.1) is 0 Å². The molecule has 1 atom stereocenters. The zero-order valence-electron chi connectivity index (χ0n) is 9.26. The number of nitrogens with zero attached hydrogens (tertiary/aromatic N) is 1. The number of halogens is 1. The molecule has 0 aliphatic rings. The molecule has 0 saturated carbocycles. The summed E-state index contributed by atoms with van der Waals surface area (Å²) in [6.45, 7) is 5.05. The Morgan fingerprint density at radius 3 is 2.87 bits per heavy atom. The molecule has 0 aliphatic carbocycles. The van der Waals surface area contributed by atoms with Crippen molar-refractivity contribution in [3.63, 3.8) is 0 Å². The zero-order chi connectivity index (χ0) is 11.3. The standard InChI is InChI=1S/C11H18BrN3/c1-3-11(2,5-6-13)15-10-4-7-14-8-9(10)12/h4,7-8H,3,5-6,13H2,1-2H3,(H,14,15). The van der Waals surface area contributed by atoms with Crippen molar-refractivity contribution in [2.75, 3.05) is 11.9 Å². The van der Waals surface area contributed by atoms with Gasteiger partial charge in [0.25, 0.3) is 0 Å². The Morgan fingerprint density at radius 1 is 1.60 bits per heavy atom. The fourth-order valence-corrected chi connectivity index (χ4v) is 1.80. The van der Waals surface area contributed by atoms with Crippen LogP contribution in [-0.4, -0.2) is 17.1 Å². The van der Waals surface area contributed by atoms with E-state index in [9.17, 15) is 0 Å². The van der Waals surface area contributed by atoms with Crippen LogP contribution in [0.1, 0.15) is 26.7 Å². The van der Waals surface area contributed by atoms with Gasteiger partial charge in [-0.3, -0.25) is 4.98 Å². The Kier molecular flexibility index (Phi) is 4.54. The van der Waals surface area contributed by atoms with E-state index in [0.717, 1.165) is 23.0 Å². The van der Waals surface area contributed by atoms with Crippen molar-refractivity contribution >= 4 is 21.6 Å². The molecule has 0 amide bonds. The molecule has 3 nitrogen and oxygen atoms in total. The third-order valence-corrected chi connectivity index (χ3v) is 3.32. The zero-order valence-corrected chi connectivity index (χ0v) is 10.8. The van der Waals surface area contributed by atoms with Gasteiger partial charge in [-0.2, -0.15) is 0 Å². The first-order valence-electron chi connectivity index (χ1n) is 5.19. The molecule has 0 saturated heterocycles. The maximum absolute atomic E-state index is 5.62. The molecule has 1 heterocycles. The summed E-state index contributed by atoms with van der Waals surface area (Å²) >= 11 is 3.47. The summed E-state index contributed by atoms with van der Waals surface area (Å²) in [5.74, 6) is 0. The lowest BCUT2D eigenvalue weighted by Crippen LogP contribution is -2.36. The maximum Gasteiger partial charge on any atom is 0.0590 e. The highest BCUT2D eigenvalue weighted by atomic mass is 79.9. The van der Waals surface area contributed by atoms with Crippen LogP contribution >= 0.6 is 15.9 Å². The molecule has 0 bridgehead atoms.